The third-order valence-electron chi connectivity index (χ3n) is 4.28. The monoisotopic (exact) mass is 456 g/mol. The number of amides is 1. The molecule has 3 aromatic rings. The smallest absolute Gasteiger partial charge is 0.262 e. The quantitative estimate of drug-likeness (QED) is 0.395. The average Bonchev–Trinajstić information content (AvgIpc) is 2.75. The van der Waals surface area contributed by atoms with Crippen molar-refractivity contribution in [1.82, 2.24) is 0 Å². The molecule has 1 N–H and O–H groups in total. The summed E-state index contributed by atoms with van der Waals surface area (Å²) in [6.07, 6.45) is 1.71. The Morgan fingerprint density at radius 2 is 1.77 bits per heavy atom. The number of aliphatic imine (C=N–C) groups is 1. The number of ether oxygens (including phenoxy) is 2. The summed E-state index contributed by atoms with van der Waals surface area (Å²) in [5, 5.41) is 3.72. The summed E-state index contributed by atoms with van der Waals surface area (Å²) in [7, 11) is 0. The van der Waals surface area contributed by atoms with Crippen LogP contribution in [-0.4, -0.2) is 25.3 Å². The standard InChI is InChI=1S/C24H22Cl2N2O3/c1-3-30-20-9-7-18(8-10-20)27-14-17-5-11-23(22(26)12-17)31-15-24(29)28-19-6-4-16(2)21(25)13-19/h4-14H,3,15H2,1-2H3,(H,28,29). The lowest BCUT2D eigenvalue weighted by Crippen LogP contribution is -2.20. The van der Waals surface area contributed by atoms with Crippen LogP contribution in [0.3, 0.4) is 0 Å². The van der Waals surface area contributed by atoms with Crippen LogP contribution in [0, 0.1) is 6.92 Å². The first kappa shape index (κ1) is 22.7. The number of halogens is 2. The van der Waals surface area contributed by atoms with Gasteiger partial charge >= 0.3 is 0 Å². The van der Waals surface area contributed by atoms with E-state index in [1.54, 1.807) is 30.5 Å². The number of hydrogen-bond donors (Lipinski definition) is 1. The van der Waals surface area contributed by atoms with Crippen molar-refractivity contribution in [1.29, 1.82) is 0 Å². The van der Waals surface area contributed by atoms with Crippen molar-refractivity contribution in [3.63, 3.8) is 0 Å². The normalized spacial score (nSPS) is 10.8. The average molecular weight is 457 g/mol. The number of anilines is 1. The minimum absolute atomic E-state index is 0.176. The van der Waals surface area contributed by atoms with Gasteiger partial charge < -0.3 is 14.8 Å². The van der Waals surface area contributed by atoms with Crippen molar-refractivity contribution in [2.75, 3.05) is 18.5 Å². The summed E-state index contributed by atoms with van der Waals surface area (Å²) >= 11 is 12.4. The van der Waals surface area contributed by atoms with Crippen LogP contribution in [-0.2, 0) is 4.79 Å². The van der Waals surface area contributed by atoms with E-state index in [1.165, 1.54) is 0 Å². The molecular weight excluding hydrogens is 435 g/mol. The Labute approximate surface area is 191 Å². The first-order valence-electron chi connectivity index (χ1n) is 9.70. The van der Waals surface area contributed by atoms with Gasteiger partial charge in [-0.2, -0.15) is 0 Å². The van der Waals surface area contributed by atoms with E-state index >= 15 is 0 Å². The number of carbonyl (C=O) groups is 1. The van der Waals surface area contributed by atoms with Gasteiger partial charge in [0.15, 0.2) is 6.61 Å². The van der Waals surface area contributed by atoms with Gasteiger partial charge in [-0.1, -0.05) is 29.3 Å². The Balaban J connectivity index is 1.56. The maximum Gasteiger partial charge on any atom is 0.262 e. The second kappa shape index (κ2) is 10.8. The lowest BCUT2D eigenvalue weighted by molar-refractivity contribution is -0.118. The molecular formula is C24H22Cl2N2O3. The number of nitrogens with one attached hydrogen (secondary N) is 1. The Morgan fingerprint density at radius 1 is 1.00 bits per heavy atom. The Morgan fingerprint density at radius 3 is 2.45 bits per heavy atom. The van der Waals surface area contributed by atoms with E-state index in [9.17, 15) is 4.79 Å². The van der Waals surface area contributed by atoms with Crippen molar-refractivity contribution in [3.8, 4) is 11.5 Å². The van der Waals surface area contributed by atoms with Gasteiger partial charge in [-0.25, -0.2) is 0 Å². The van der Waals surface area contributed by atoms with Gasteiger partial charge in [0.2, 0.25) is 0 Å². The highest BCUT2D eigenvalue weighted by Crippen LogP contribution is 2.26. The molecule has 3 aromatic carbocycles. The molecule has 0 fully saturated rings. The van der Waals surface area contributed by atoms with Gasteiger partial charge in [0.25, 0.3) is 5.91 Å². The van der Waals surface area contributed by atoms with Crippen molar-refractivity contribution in [2.45, 2.75) is 13.8 Å². The molecule has 0 aromatic heterocycles. The first-order chi connectivity index (χ1) is 14.9. The van der Waals surface area contributed by atoms with Gasteiger partial charge in [0, 0.05) is 16.9 Å². The zero-order valence-corrected chi connectivity index (χ0v) is 18.7. The SMILES string of the molecule is CCOc1ccc(N=Cc2ccc(OCC(=O)Nc3ccc(C)c(Cl)c3)c(Cl)c2)cc1. The summed E-state index contributed by atoms with van der Waals surface area (Å²) < 4.78 is 11.0. The molecule has 0 radical (unpaired) electrons. The van der Waals surface area contributed by atoms with Crippen molar-refractivity contribution < 1.29 is 14.3 Å². The van der Waals surface area contributed by atoms with Crippen LogP contribution in [0.5, 0.6) is 11.5 Å². The van der Waals surface area contributed by atoms with Crippen molar-refractivity contribution in [2.24, 2.45) is 4.99 Å². The van der Waals surface area contributed by atoms with Gasteiger partial charge in [0.05, 0.1) is 17.3 Å². The number of rotatable bonds is 8. The zero-order valence-electron chi connectivity index (χ0n) is 17.2. The zero-order chi connectivity index (χ0) is 22.2. The van der Waals surface area contributed by atoms with Crippen LogP contribution in [0.25, 0.3) is 0 Å². The molecule has 1 amide bonds. The Hall–Kier alpha value is -3.02. The molecule has 0 spiro atoms. The van der Waals surface area contributed by atoms with E-state index < -0.39 is 0 Å². The number of nitrogens with zero attached hydrogens (tertiary/aromatic N) is 1. The Bertz CT molecular complexity index is 1080. The molecule has 0 bridgehead atoms. The molecule has 0 aliphatic rings. The minimum Gasteiger partial charge on any atom is -0.494 e. The van der Waals surface area contributed by atoms with Crippen LogP contribution < -0.4 is 14.8 Å². The van der Waals surface area contributed by atoms with E-state index in [-0.39, 0.29) is 12.5 Å². The lowest BCUT2D eigenvalue weighted by Gasteiger charge is -2.10. The third-order valence-corrected chi connectivity index (χ3v) is 4.98. The van der Waals surface area contributed by atoms with E-state index in [0.717, 1.165) is 22.6 Å². The van der Waals surface area contributed by atoms with Crippen LogP contribution in [0.1, 0.15) is 18.1 Å². The topological polar surface area (TPSA) is 59.9 Å². The van der Waals surface area contributed by atoms with E-state index in [0.29, 0.717) is 28.1 Å². The van der Waals surface area contributed by atoms with Gasteiger partial charge in [-0.3, -0.25) is 9.79 Å². The Kier molecular flexibility index (Phi) is 7.93. The molecule has 0 unspecified atom stereocenters. The van der Waals surface area contributed by atoms with E-state index in [1.807, 2.05) is 50.2 Å². The molecule has 7 heteroatoms. The molecule has 0 atom stereocenters. The summed E-state index contributed by atoms with van der Waals surface area (Å²) in [5.41, 5.74) is 3.16. The molecule has 0 saturated carbocycles. The predicted molar refractivity (Wildman–Crippen MR) is 127 cm³/mol. The van der Waals surface area contributed by atoms with Gasteiger partial charge in [-0.15, -0.1) is 0 Å². The fraction of sp³-hybridized carbons (Fsp3) is 0.167. The summed E-state index contributed by atoms with van der Waals surface area (Å²) in [6, 6.07) is 18.1. The molecule has 0 heterocycles. The minimum atomic E-state index is -0.308. The second-order valence-electron chi connectivity index (χ2n) is 6.68. The largest absolute Gasteiger partial charge is 0.494 e. The lowest BCUT2D eigenvalue weighted by atomic mass is 10.2. The van der Waals surface area contributed by atoms with E-state index in [2.05, 4.69) is 10.3 Å². The molecule has 0 aliphatic carbocycles. The highest BCUT2D eigenvalue weighted by atomic mass is 35.5. The molecule has 160 valence electrons. The predicted octanol–water partition coefficient (Wildman–Crippen LogP) is 6.47. The maximum absolute atomic E-state index is 12.1. The summed E-state index contributed by atoms with van der Waals surface area (Å²) in [6.45, 7) is 4.28. The van der Waals surface area contributed by atoms with E-state index in [4.69, 9.17) is 32.7 Å². The fourth-order valence-corrected chi connectivity index (χ4v) is 3.09. The van der Waals surface area contributed by atoms with Gasteiger partial charge in [0.1, 0.15) is 11.5 Å². The highest BCUT2D eigenvalue weighted by molar-refractivity contribution is 6.32. The van der Waals surface area contributed by atoms with Crippen LogP contribution in [0.2, 0.25) is 10.0 Å². The maximum atomic E-state index is 12.1. The molecule has 0 aliphatic heterocycles. The number of aryl methyl sites for hydroxylation is 1. The second-order valence-corrected chi connectivity index (χ2v) is 7.49. The molecule has 5 nitrogen and oxygen atoms in total. The summed E-state index contributed by atoms with van der Waals surface area (Å²) in [4.78, 5) is 16.6. The van der Waals surface area contributed by atoms with Crippen LogP contribution >= 0.6 is 23.2 Å². The van der Waals surface area contributed by atoms with Crippen molar-refractivity contribution in [3.05, 3.63) is 81.8 Å². The molecule has 31 heavy (non-hydrogen) atoms. The number of benzene rings is 3. The van der Waals surface area contributed by atoms with Crippen molar-refractivity contribution >= 4 is 46.7 Å². The first-order valence-corrected chi connectivity index (χ1v) is 10.5. The third kappa shape index (κ3) is 6.74. The number of hydrogen-bond acceptors (Lipinski definition) is 4. The fourth-order valence-electron chi connectivity index (χ4n) is 2.67. The van der Waals surface area contributed by atoms with Crippen LogP contribution in [0.4, 0.5) is 11.4 Å². The number of carbonyl (C=O) groups excluding carboxylic acids is 1. The molecule has 0 saturated heterocycles. The highest BCUT2D eigenvalue weighted by Gasteiger charge is 2.08. The van der Waals surface area contributed by atoms with Crippen LogP contribution in [0.15, 0.2) is 65.7 Å². The van der Waals surface area contributed by atoms with Gasteiger partial charge in [-0.05, 0) is 79.6 Å². The molecule has 3 rings (SSSR count). The summed E-state index contributed by atoms with van der Waals surface area (Å²) in [5.74, 6) is 0.912.